The van der Waals surface area contributed by atoms with Crippen LogP contribution in [0.15, 0.2) is 18.2 Å². The van der Waals surface area contributed by atoms with Crippen LogP contribution in [0.2, 0.25) is 5.02 Å². The monoisotopic (exact) mass is 235 g/mol. The van der Waals surface area contributed by atoms with E-state index in [0.717, 1.165) is 38.3 Å². The van der Waals surface area contributed by atoms with Gasteiger partial charge >= 0.3 is 0 Å². The number of nitrogens with one attached hydrogen (secondary N) is 1. The predicted octanol–water partition coefficient (Wildman–Crippen LogP) is 2.01. The van der Waals surface area contributed by atoms with Gasteiger partial charge in [-0.25, -0.2) is 0 Å². The second kappa shape index (κ2) is 5.20. The summed E-state index contributed by atoms with van der Waals surface area (Å²) in [5.41, 5.74) is 1.55. The number of para-hydroxylation sites is 1. The Hall–Kier alpha value is -1.24. The maximum absolute atomic E-state index is 9.09. The topological polar surface area (TPSA) is 39.1 Å². The minimum absolute atomic E-state index is 0.661. The third kappa shape index (κ3) is 2.29. The van der Waals surface area contributed by atoms with E-state index in [1.807, 2.05) is 18.2 Å². The number of hydrogen-bond donors (Lipinski definition) is 1. The van der Waals surface area contributed by atoms with Crippen molar-refractivity contribution in [2.45, 2.75) is 6.42 Å². The van der Waals surface area contributed by atoms with E-state index in [1.165, 1.54) is 0 Å². The van der Waals surface area contributed by atoms with Gasteiger partial charge in [-0.3, -0.25) is 0 Å². The second-order valence-corrected chi connectivity index (χ2v) is 4.25. The molecule has 0 unspecified atom stereocenters. The molecule has 0 aromatic heterocycles. The summed E-state index contributed by atoms with van der Waals surface area (Å²) in [6.45, 7) is 3.82. The van der Waals surface area contributed by atoms with Crippen LogP contribution in [0.25, 0.3) is 0 Å². The lowest BCUT2D eigenvalue weighted by Crippen LogP contribution is -2.28. The van der Waals surface area contributed by atoms with Crippen molar-refractivity contribution in [2.24, 2.45) is 0 Å². The van der Waals surface area contributed by atoms with Crippen molar-refractivity contribution in [1.29, 1.82) is 5.26 Å². The van der Waals surface area contributed by atoms with Crippen molar-refractivity contribution < 1.29 is 0 Å². The SMILES string of the molecule is N#Cc1cccc(Cl)c1N1CCCNCC1. The zero-order valence-corrected chi connectivity index (χ0v) is 9.80. The minimum atomic E-state index is 0.661. The molecular weight excluding hydrogens is 222 g/mol. The zero-order chi connectivity index (χ0) is 11.4. The van der Waals surface area contributed by atoms with Gasteiger partial charge < -0.3 is 10.2 Å². The number of halogens is 1. The summed E-state index contributed by atoms with van der Waals surface area (Å²) in [5, 5.41) is 13.1. The standard InChI is InChI=1S/C12H14ClN3/c13-11-4-1-3-10(9-14)12(11)16-7-2-5-15-6-8-16/h1,3-4,15H,2,5-8H2. The molecule has 0 amide bonds. The molecule has 1 N–H and O–H groups in total. The van der Waals surface area contributed by atoms with Crippen LogP contribution >= 0.6 is 11.6 Å². The van der Waals surface area contributed by atoms with Gasteiger partial charge in [-0.05, 0) is 25.1 Å². The van der Waals surface area contributed by atoms with Crippen LogP contribution in [0.5, 0.6) is 0 Å². The first-order valence-electron chi connectivity index (χ1n) is 5.47. The summed E-state index contributed by atoms with van der Waals surface area (Å²) < 4.78 is 0. The zero-order valence-electron chi connectivity index (χ0n) is 9.04. The van der Waals surface area contributed by atoms with Gasteiger partial charge in [0.2, 0.25) is 0 Å². The number of nitriles is 1. The Morgan fingerprint density at radius 3 is 3.00 bits per heavy atom. The molecule has 0 bridgehead atoms. The Morgan fingerprint density at radius 2 is 2.19 bits per heavy atom. The highest BCUT2D eigenvalue weighted by molar-refractivity contribution is 6.33. The van der Waals surface area contributed by atoms with E-state index in [-0.39, 0.29) is 0 Å². The van der Waals surface area contributed by atoms with Crippen LogP contribution in [0, 0.1) is 11.3 Å². The number of hydrogen-bond acceptors (Lipinski definition) is 3. The molecule has 0 saturated carbocycles. The molecule has 1 aliphatic heterocycles. The third-order valence-electron chi connectivity index (χ3n) is 2.76. The number of anilines is 1. The first kappa shape index (κ1) is 11.3. The molecule has 1 aliphatic rings. The molecule has 1 aromatic carbocycles. The maximum atomic E-state index is 9.09. The lowest BCUT2D eigenvalue weighted by atomic mass is 10.1. The van der Waals surface area contributed by atoms with E-state index in [4.69, 9.17) is 16.9 Å². The van der Waals surface area contributed by atoms with Gasteiger partial charge in [-0.2, -0.15) is 5.26 Å². The number of benzene rings is 1. The Bertz CT molecular complexity index is 403. The largest absolute Gasteiger partial charge is 0.368 e. The molecule has 0 aliphatic carbocycles. The Morgan fingerprint density at radius 1 is 1.31 bits per heavy atom. The number of nitrogens with zero attached hydrogens (tertiary/aromatic N) is 2. The first-order chi connectivity index (χ1) is 7.83. The van der Waals surface area contributed by atoms with Crippen LogP contribution in [0.3, 0.4) is 0 Å². The average molecular weight is 236 g/mol. The van der Waals surface area contributed by atoms with Crippen LogP contribution in [0.1, 0.15) is 12.0 Å². The fourth-order valence-electron chi connectivity index (χ4n) is 2.00. The Balaban J connectivity index is 2.34. The highest BCUT2D eigenvalue weighted by Gasteiger charge is 2.16. The fraction of sp³-hybridized carbons (Fsp3) is 0.417. The summed E-state index contributed by atoms with van der Waals surface area (Å²) in [5.74, 6) is 0. The van der Waals surface area contributed by atoms with Gasteiger partial charge in [0, 0.05) is 19.6 Å². The molecule has 3 nitrogen and oxygen atoms in total. The van der Waals surface area contributed by atoms with E-state index < -0.39 is 0 Å². The van der Waals surface area contributed by atoms with Gasteiger partial charge in [0.1, 0.15) is 6.07 Å². The second-order valence-electron chi connectivity index (χ2n) is 3.84. The van der Waals surface area contributed by atoms with Gasteiger partial charge in [0.05, 0.1) is 16.3 Å². The number of rotatable bonds is 1. The highest BCUT2D eigenvalue weighted by Crippen LogP contribution is 2.29. The summed E-state index contributed by atoms with van der Waals surface area (Å²) in [6, 6.07) is 7.69. The van der Waals surface area contributed by atoms with E-state index in [9.17, 15) is 0 Å². The highest BCUT2D eigenvalue weighted by atomic mass is 35.5. The molecule has 0 spiro atoms. The molecular formula is C12H14ClN3. The van der Waals surface area contributed by atoms with Gasteiger partial charge in [0.25, 0.3) is 0 Å². The van der Waals surface area contributed by atoms with Crippen LogP contribution in [-0.2, 0) is 0 Å². The maximum Gasteiger partial charge on any atom is 0.101 e. The fourth-order valence-corrected chi connectivity index (χ4v) is 2.29. The van der Waals surface area contributed by atoms with Crippen molar-refractivity contribution in [2.75, 3.05) is 31.1 Å². The molecule has 4 heteroatoms. The lowest BCUT2D eigenvalue weighted by molar-refractivity contribution is 0.724. The van der Waals surface area contributed by atoms with Crippen molar-refractivity contribution in [1.82, 2.24) is 5.32 Å². The quantitative estimate of drug-likeness (QED) is 0.810. The molecule has 1 heterocycles. The minimum Gasteiger partial charge on any atom is -0.368 e. The molecule has 1 aromatic rings. The molecule has 84 valence electrons. The van der Waals surface area contributed by atoms with Crippen molar-refractivity contribution in [3.8, 4) is 6.07 Å². The molecule has 1 saturated heterocycles. The molecule has 2 rings (SSSR count). The summed E-state index contributed by atoms with van der Waals surface area (Å²) in [4.78, 5) is 2.20. The van der Waals surface area contributed by atoms with Gasteiger partial charge in [-0.15, -0.1) is 0 Å². The van der Waals surface area contributed by atoms with E-state index in [1.54, 1.807) is 0 Å². The molecule has 16 heavy (non-hydrogen) atoms. The van der Waals surface area contributed by atoms with Gasteiger partial charge in [0.15, 0.2) is 0 Å². The summed E-state index contributed by atoms with van der Waals surface area (Å²) >= 11 is 6.18. The average Bonchev–Trinajstić information content (AvgIpc) is 2.57. The smallest absolute Gasteiger partial charge is 0.101 e. The van der Waals surface area contributed by atoms with Crippen molar-refractivity contribution in [3.05, 3.63) is 28.8 Å². The van der Waals surface area contributed by atoms with Crippen molar-refractivity contribution >= 4 is 17.3 Å². The lowest BCUT2D eigenvalue weighted by Gasteiger charge is -2.24. The van der Waals surface area contributed by atoms with Crippen molar-refractivity contribution in [3.63, 3.8) is 0 Å². The van der Waals surface area contributed by atoms with Crippen LogP contribution in [-0.4, -0.2) is 26.2 Å². The predicted molar refractivity (Wildman–Crippen MR) is 65.9 cm³/mol. The first-order valence-corrected chi connectivity index (χ1v) is 5.85. The summed E-state index contributed by atoms with van der Waals surface area (Å²) in [6.07, 6.45) is 1.08. The Kier molecular flexibility index (Phi) is 3.66. The summed E-state index contributed by atoms with van der Waals surface area (Å²) in [7, 11) is 0. The van der Waals surface area contributed by atoms with E-state index >= 15 is 0 Å². The van der Waals surface area contributed by atoms with Crippen LogP contribution < -0.4 is 10.2 Å². The van der Waals surface area contributed by atoms with E-state index in [2.05, 4.69) is 16.3 Å². The molecule has 1 fully saturated rings. The van der Waals surface area contributed by atoms with E-state index in [0.29, 0.717) is 10.6 Å². The van der Waals surface area contributed by atoms with Crippen LogP contribution in [0.4, 0.5) is 5.69 Å². The Labute approximate surface area is 101 Å². The third-order valence-corrected chi connectivity index (χ3v) is 3.07. The normalized spacial score (nSPS) is 16.6. The van der Waals surface area contributed by atoms with Gasteiger partial charge in [-0.1, -0.05) is 17.7 Å². The molecule has 0 atom stereocenters. The molecule has 0 radical (unpaired) electrons.